The summed E-state index contributed by atoms with van der Waals surface area (Å²) in [7, 11) is -3.27. The second kappa shape index (κ2) is 5.42. The Morgan fingerprint density at radius 1 is 1.25 bits per heavy atom. The van der Waals surface area contributed by atoms with Crippen LogP contribution in [0, 0.1) is 0 Å². The first-order valence-corrected chi connectivity index (χ1v) is 7.72. The summed E-state index contributed by atoms with van der Waals surface area (Å²) in [5.74, 6) is -0.900. The summed E-state index contributed by atoms with van der Waals surface area (Å²) in [4.78, 5) is 15.0. The van der Waals surface area contributed by atoms with Crippen LogP contribution in [-0.2, 0) is 21.1 Å². The first-order chi connectivity index (χ1) is 9.36. The zero-order valence-electron chi connectivity index (χ0n) is 10.8. The van der Waals surface area contributed by atoms with Crippen LogP contribution >= 0.6 is 0 Å². The van der Waals surface area contributed by atoms with E-state index in [0.29, 0.717) is 11.3 Å². The quantitative estimate of drug-likeness (QED) is 0.928. The number of pyridine rings is 1. The Morgan fingerprint density at radius 3 is 2.55 bits per heavy atom. The first kappa shape index (κ1) is 14.2. The molecule has 104 valence electrons. The Hall–Kier alpha value is -2.21. The van der Waals surface area contributed by atoms with Crippen molar-refractivity contribution in [2.45, 2.75) is 11.3 Å². The van der Waals surface area contributed by atoms with Crippen LogP contribution < -0.4 is 0 Å². The molecule has 0 aliphatic rings. The minimum absolute atomic E-state index is 0.0603. The monoisotopic (exact) mass is 291 g/mol. The average molecular weight is 291 g/mol. The highest BCUT2D eigenvalue weighted by molar-refractivity contribution is 7.90. The zero-order chi connectivity index (χ0) is 14.8. The van der Waals surface area contributed by atoms with Crippen LogP contribution in [0.1, 0.15) is 5.56 Å². The molecule has 0 radical (unpaired) electrons. The fourth-order valence-electron chi connectivity index (χ4n) is 1.79. The number of benzene rings is 1. The van der Waals surface area contributed by atoms with Gasteiger partial charge in [-0.15, -0.1) is 0 Å². The Kier molecular flexibility index (Phi) is 3.85. The lowest BCUT2D eigenvalue weighted by Gasteiger charge is -2.04. The van der Waals surface area contributed by atoms with Gasteiger partial charge >= 0.3 is 5.97 Å². The Balaban J connectivity index is 2.34. The lowest BCUT2D eigenvalue weighted by molar-refractivity contribution is -0.136. The van der Waals surface area contributed by atoms with E-state index in [-0.39, 0.29) is 11.3 Å². The normalized spacial score (nSPS) is 11.2. The number of aliphatic carboxylic acids is 1. The number of hydrogen-bond acceptors (Lipinski definition) is 4. The number of rotatable bonds is 4. The van der Waals surface area contributed by atoms with E-state index >= 15 is 0 Å². The summed E-state index contributed by atoms with van der Waals surface area (Å²) in [6, 6.07) is 10.1. The molecule has 0 spiro atoms. The van der Waals surface area contributed by atoms with Crippen molar-refractivity contribution >= 4 is 15.8 Å². The second-order valence-corrected chi connectivity index (χ2v) is 6.44. The number of nitrogens with zero attached hydrogens (tertiary/aromatic N) is 1. The summed E-state index contributed by atoms with van der Waals surface area (Å²) in [5.41, 5.74) is 2.03. The van der Waals surface area contributed by atoms with Crippen molar-refractivity contribution in [3.63, 3.8) is 0 Å². The molecule has 5 nitrogen and oxygen atoms in total. The largest absolute Gasteiger partial charge is 0.481 e. The van der Waals surface area contributed by atoms with Crippen LogP contribution in [-0.4, -0.2) is 30.7 Å². The molecule has 0 saturated heterocycles. The molecule has 0 saturated carbocycles. The molecule has 1 heterocycles. The first-order valence-electron chi connectivity index (χ1n) is 5.83. The maximum Gasteiger partial charge on any atom is 0.307 e. The van der Waals surface area contributed by atoms with Crippen LogP contribution in [0.15, 0.2) is 47.5 Å². The van der Waals surface area contributed by atoms with Gasteiger partial charge in [-0.2, -0.15) is 0 Å². The van der Waals surface area contributed by atoms with Crippen molar-refractivity contribution in [2.24, 2.45) is 0 Å². The standard InChI is InChI=1S/C14H13NO4S/c1-20(18,19)12-5-6-13(15-9-12)11-4-2-3-10(7-11)8-14(16)17/h2-7,9H,8H2,1H3,(H,16,17). The van der Waals surface area contributed by atoms with E-state index in [0.717, 1.165) is 11.8 Å². The predicted octanol–water partition coefficient (Wildman–Crippen LogP) is 1.78. The van der Waals surface area contributed by atoms with Gasteiger partial charge in [0.1, 0.15) is 0 Å². The van der Waals surface area contributed by atoms with E-state index in [1.807, 2.05) is 0 Å². The summed E-state index contributed by atoms with van der Waals surface area (Å²) in [6.45, 7) is 0. The Bertz CT molecular complexity index is 736. The summed E-state index contributed by atoms with van der Waals surface area (Å²) in [5, 5.41) is 8.77. The van der Waals surface area contributed by atoms with Gasteiger partial charge in [0.25, 0.3) is 0 Å². The van der Waals surface area contributed by atoms with Crippen molar-refractivity contribution < 1.29 is 18.3 Å². The number of hydrogen-bond donors (Lipinski definition) is 1. The van der Waals surface area contributed by atoms with Gasteiger partial charge in [-0.1, -0.05) is 18.2 Å². The summed E-state index contributed by atoms with van der Waals surface area (Å²) >= 11 is 0. The fourth-order valence-corrected chi connectivity index (χ4v) is 2.35. The molecule has 0 aliphatic carbocycles. The molecule has 1 N–H and O–H groups in total. The molecule has 0 amide bonds. The number of carbonyl (C=O) groups is 1. The third-order valence-corrected chi connectivity index (χ3v) is 3.84. The van der Waals surface area contributed by atoms with E-state index in [4.69, 9.17) is 5.11 Å². The number of carboxylic acid groups (broad SMARTS) is 1. The van der Waals surface area contributed by atoms with Crippen LogP contribution in [0.4, 0.5) is 0 Å². The maximum atomic E-state index is 11.4. The van der Waals surface area contributed by atoms with Gasteiger partial charge in [-0.25, -0.2) is 8.42 Å². The molecule has 2 aromatic rings. The van der Waals surface area contributed by atoms with Crippen LogP contribution in [0.25, 0.3) is 11.3 Å². The minimum atomic E-state index is -3.27. The van der Waals surface area contributed by atoms with E-state index in [9.17, 15) is 13.2 Å². The zero-order valence-corrected chi connectivity index (χ0v) is 11.6. The van der Waals surface area contributed by atoms with Crippen molar-refractivity contribution in [1.82, 2.24) is 4.98 Å². The van der Waals surface area contributed by atoms with Crippen molar-refractivity contribution in [3.8, 4) is 11.3 Å². The number of aromatic nitrogens is 1. The maximum absolute atomic E-state index is 11.4. The highest BCUT2D eigenvalue weighted by Gasteiger charge is 2.08. The molecule has 0 aliphatic heterocycles. The Morgan fingerprint density at radius 2 is 2.00 bits per heavy atom. The van der Waals surface area contributed by atoms with E-state index in [1.54, 1.807) is 30.3 Å². The van der Waals surface area contributed by atoms with Gasteiger partial charge in [0.05, 0.1) is 17.0 Å². The van der Waals surface area contributed by atoms with Gasteiger partial charge in [0.2, 0.25) is 0 Å². The third-order valence-electron chi connectivity index (χ3n) is 2.74. The molecule has 0 bridgehead atoms. The molecular formula is C14H13NO4S. The second-order valence-electron chi connectivity index (χ2n) is 4.42. The van der Waals surface area contributed by atoms with Crippen LogP contribution in [0.5, 0.6) is 0 Å². The smallest absolute Gasteiger partial charge is 0.307 e. The van der Waals surface area contributed by atoms with Crippen LogP contribution in [0.2, 0.25) is 0 Å². The summed E-state index contributed by atoms with van der Waals surface area (Å²) in [6.07, 6.45) is 2.36. The SMILES string of the molecule is CS(=O)(=O)c1ccc(-c2cccc(CC(=O)O)c2)nc1. The highest BCUT2D eigenvalue weighted by atomic mass is 32.2. The van der Waals surface area contributed by atoms with E-state index in [1.165, 1.54) is 12.3 Å². The molecular weight excluding hydrogens is 278 g/mol. The molecule has 2 rings (SSSR count). The lowest BCUT2D eigenvalue weighted by atomic mass is 10.1. The van der Waals surface area contributed by atoms with E-state index < -0.39 is 15.8 Å². The third kappa shape index (κ3) is 3.42. The molecule has 0 fully saturated rings. The molecule has 6 heteroatoms. The van der Waals surface area contributed by atoms with Crippen molar-refractivity contribution in [1.29, 1.82) is 0 Å². The lowest BCUT2D eigenvalue weighted by Crippen LogP contribution is -2.00. The van der Waals surface area contributed by atoms with Gasteiger partial charge in [-0.3, -0.25) is 9.78 Å². The van der Waals surface area contributed by atoms with Gasteiger partial charge in [0.15, 0.2) is 9.84 Å². The molecule has 1 aromatic carbocycles. The average Bonchev–Trinajstić information content (AvgIpc) is 2.37. The van der Waals surface area contributed by atoms with E-state index in [2.05, 4.69) is 4.98 Å². The topological polar surface area (TPSA) is 84.3 Å². The molecule has 0 atom stereocenters. The minimum Gasteiger partial charge on any atom is -0.481 e. The molecule has 20 heavy (non-hydrogen) atoms. The predicted molar refractivity (Wildman–Crippen MR) is 74.1 cm³/mol. The van der Waals surface area contributed by atoms with Gasteiger partial charge in [0, 0.05) is 18.0 Å². The number of carboxylic acids is 1. The van der Waals surface area contributed by atoms with Crippen molar-refractivity contribution in [3.05, 3.63) is 48.2 Å². The molecule has 1 aromatic heterocycles. The van der Waals surface area contributed by atoms with Crippen molar-refractivity contribution in [2.75, 3.05) is 6.26 Å². The molecule has 0 unspecified atom stereocenters. The Labute approximate surface area is 116 Å². The van der Waals surface area contributed by atoms with Crippen LogP contribution in [0.3, 0.4) is 0 Å². The van der Waals surface area contributed by atoms with Gasteiger partial charge in [-0.05, 0) is 23.8 Å². The van der Waals surface area contributed by atoms with Gasteiger partial charge < -0.3 is 5.11 Å². The summed E-state index contributed by atoms with van der Waals surface area (Å²) < 4.78 is 22.7. The fraction of sp³-hybridized carbons (Fsp3) is 0.143. The highest BCUT2D eigenvalue weighted by Crippen LogP contribution is 2.20. The number of sulfone groups is 1.